The van der Waals surface area contributed by atoms with Gasteiger partial charge in [0, 0.05) is 32.5 Å². The quantitative estimate of drug-likeness (QED) is 0.443. The van der Waals surface area contributed by atoms with Crippen LogP contribution in [0.2, 0.25) is 5.02 Å². The molecule has 0 aliphatic heterocycles. The lowest BCUT2D eigenvalue weighted by atomic mass is 10.1. The van der Waals surface area contributed by atoms with Crippen LogP contribution in [-0.2, 0) is 0 Å². The molecule has 0 heterocycles. The van der Waals surface area contributed by atoms with Gasteiger partial charge in [0.05, 0.1) is 4.92 Å². The van der Waals surface area contributed by atoms with Gasteiger partial charge in [0.15, 0.2) is 0 Å². The molecule has 4 nitrogen and oxygen atoms in total. The number of nitrogens with one attached hydrogen (secondary N) is 1. The van der Waals surface area contributed by atoms with Gasteiger partial charge in [-0.3, -0.25) is 10.1 Å². The summed E-state index contributed by atoms with van der Waals surface area (Å²) in [6.45, 7) is 2.01. The summed E-state index contributed by atoms with van der Waals surface area (Å²) < 4.78 is 1.03. The zero-order valence-electron chi connectivity index (χ0n) is 10.6. The third-order valence-corrected chi connectivity index (χ3v) is 4.03. The maximum absolute atomic E-state index is 10.6. The van der Waals surface area contributed by atoms with E-state index < -0.39 is 4.92 Å². The molecule has 0 aliphatic rings. The normalized spacial score (nSPS) is 11.9. The van der Waals surface area contributed by atoms with Gasteiger partial charge in [-0.2, -0.15) is 0 Å². The van der Waals surface area contributed by atoms with Gasteiger partial charge in [0.1, 0.15) is 0 Å². The number of hydrogen-bond acceptors (Lipinski definition) is 3. The predicted molar refractivity (Wildman–Crippen MR) is 89.3 cm³/mol. The standard InChI is InChI=1S/C14H12ClIN2O2/c1-9(10-2-5-12(6-3-10)18(19)20)17-14-7-4-11(15)8-13(14)16/h2-9,17H,1H3. The molecule has 0 saturated carbocycles. The van der Waals surface area contributed by atoms with Crippen molar-refractivity contribution in [3.8, 4) is 0 Å². The van der Waals surface area contributed by atoms with Gasteiger partial charge in [-0.25, -0.2) is 0 Å². The molecule has 1 atom stereocenters. The van der Waals surface area contributed by atoms with Crippen molar-refractivity contribution in [1.29, 1.82) is 0 Å². The highest BCUT2D eigenvalue weighted by Crippen LogP contribution is 2.27. The molecule has 2 rings (SSSR count). The summed E-state index contributed by atoms with van der Waals surface area (Å²) in [6.07, 6.45) is 0. The molecular weight excluding hydrogens is 391 g/mol. The predicted octanol–water partition coefficient (Wildman–Crippen LogP) is 5.03. The molecular formula is C14H12ClIN2O2. The van der Waals surface area contributed by atoms with Crippen LogP contribution in [0.25, 0.3) is 0 Å². The third-order valence-electron chi connectivity index (χ3n) is 2.91. The molecule has 0 aromatic heterocycles. The SMILES string of the molecule is CC(Nc1ccc(Cl)cc1I)c1ccc([N+](=O)[O-])cc1. The number of benzene rings is 2. The molecule has 0 radical (unpaired) electrons. The van der Waals surface area contributed by atoms with Crippen LogP contribution in [0.3, 0.4) is 0 Å². The summed E-state index contributed by atoms with van der Waals surface area (Å²) in [5.74, 6) is 0. The molecule has 0 spiro atoms. The zero-order chi connectivity index (χ0) is 14.7. The Hall–Kier alpha value is -1.34. The van der Waals surface area contributed by atoms with E-state index in [4.69, 9.17) is 11.6 Å². The van der Waals surface area contributed by atoms with Crippen LogP contribution in [0, 0.1) is 13.7 Å². The van der Waals surface area contributed by atoms with Gasteiger partial charge in [-0.15, -0.1) is 0 Å². The fraction of sp³-hybridized carbons (Fsp3) is 0.143. The number of rotatable bonds is 4. The van der Waals surface area contributed by atoms with E-state index in [0.29, 0.717) is 5.02 Å². The van der Waals surface area contributed by atoms with E-state index in [1.165, 1.54) is 12.1 Å². The van der Waals surface area contributed by atoms with Crippen molar-refractivity contribution < 1.29 is 4.92 Å². The Bertz CT molecular complexity index is 632. The average Bonchev–Trinajstić information content (AvgIpc) is 2.42. The summed E-state index contributed by atoms with van der Waals surface area (Å²) in [5.41, 5.74) is 2.07. The monoisotopic (exact) mass is 402 g/mol. The minimum Gasteiger partial charge on any atom is -0.378 e. The van der Waals surface area contributed by atoms with Gasteiger partial charge in [0.2, 0.25) is 0 Å². The molecule has 6 heteroatoms. The first-order valence-corrected chi connectivity index (χ1v) is 7.39. The Morgan fingerprint density at radius 2 is 1.90 bits per heavy atom. The Morgan fingerprint density at radius 1 is 1.25 bits per heavy atom. The van der Waals surface area contributed by atoms with E-state index in [-0.39, 0.29) is 11.7 Å². The highest BCUT2D eigenvalue weighted by atomic mass is 127. The minimum absolute atomic E-state index is 0.0468. The van der Waals surface area contributed by atoms with Crippen molar-refractivity contribution in [2.45, 2.75) is 13.0 Å². The first-order chi connectivity index (χ1) is 9.47. The maximum atomic E-state index is 10.6. The summed E-state index contributed by atoms with van der Waals surface area (Å²) >= 11 is 8.14. The Kier molecular flexibility index (Phi) is 4.82. The van der Waals surface area contributed by atoms with Crippen molar-refractivity contribution in [3.63, 3.8) is 0 Å². The molecule has 1 unspecified atom stereocenters. The highest BCUT2D eigenvalue weighted by Gasteiger charge is 2.10. The van der Waals surface area contributed by atoms with E-state index in [1.54, 1.807) is 12.1 Å². The van der Waals surface area contributed by atoms with Crippen LogP contribution < -0.4 is 5.32 Å². The smallest absolute Gasteiger partial charge is 0.269 e. The van der Waals surface area contributed by atoms with E-state index >= 15 is 0 Å². The van der Waals surface area contributed by atoms with Crippen molar-refractivity contribution in [2.75, 3.05) is 5.32 Å². The molecule has 0 bridgehead atoms. The number of nitro benzene ring substituents is 1. The second-order valence-corrected chi connectivity index (χ2v) is 5.94. The summed E-state index contributed by atoms with van der Waals surface area (Å²) in [6, 6.07) is 12.2. The molecule has 0 saturated heterocycles. The molecule has 2 aromatic rings. The Balaban J connectivity index is 2.15. The lowest BCUT2D eigenvalue weighted by molar-refractivity contribution is -0.384. The summed E-state index contributed by atoms with van der Waals surface area (Å²) in [7, 11) is 0. The number of nitro groups is 1. The van der Waals surface area contributed by atoms with Crippen LogP contribution in [0.4, 0.5) is 11.4 Å². The molecule has 0 aliphatic carbocycles. The van der Waals surface area contributed by atoms with Gasteiger partial charge in [0.25, 0.3) is 5.69 Å². The third kappa shape index (κ3) is 3.61. The Morgan fingerprint density at radius 3 is 2.45 bits per heavy atom. The van der Waals surface area contributed by atoms with Crippen LogP contribution in [0.15, 0.2) is 42.5 Å². The first-order valence-electron chi connectivity index (χ1n) is 5.93. The van der Waals surface area contributed by atoms with Gasteiger partial charge >= 0.3 is 0 Å². The maximum Gasteiger partial charge on any atom is 0.269 e. The van der Waals surface area contributed by atoms with Crippen molar-refractivity contribution >= 4 is 45.6 Å². The lowest BCUT2D eigenvalue weighted by Gasteiger charge is -2.17. The minimum atomic E-state index is -0.399. The number of halogens is 2. The number of nitrogens with zero attached hydrogens (tertiary/aromatic N) is 1. The topological polar surface area (TPSA) is 55.2 Å². The molecule has 1 N–H and O–H groups in total. The van der Waals surface area contributed by atoms with E-state index in [1.807, 2.05) is 25.1 Å². The van der Waals surface area contributed by atoms with E-state index in [2.05, 4.69) is 27.9 Å². The van der Waals surface area contributed by atoms with Crippen molar-refractivity contribution in [2.24, 2.45) is 0 Å². The first kappa shape index (κ1) is 15.1. The largest absolute Gasteiger partial charge is 0.378 e. The fourth-order valence-electron chi connectivity index (χ4n) is 1.81. The van der Waals surface area contributed by atoms with Crippen LogP contribution in [-0.4, -0.2) is 4.92 Å². The van der Waals surface area contributed by atoms with Crippen molar-refractivity contribution in [3.05, 3.63) is 66.7 Å². The molecule has 2 aromatic carbocycles. The van der Waals surface area contributed by atoms with E-state index in [0.717, 1.165) is 14.8 Å². The van der Waals surface area contributed by atoms with Gasteiger partial charge < -0.3 is 5.32 Å². The number of anilines is 1. The summed E-state index contributed by atoms with van der Waals surface area (Å²) in [5, 5.41) is 14.7. The van der Waals surface area contributed by atoms with Crippen LogP contribution in [0.1, 0.15) is 18.5 Å². The van der Waals surface area contributed by atoms with Gasteiger partial charge in [-0.1, -0.05) is 23.7 Å². The van der Waals surface area contributed by atoms with Gasteiger partial charge in [-0.05, 0) is 53.3 Å². The molecule has 0 amide bonds. The second-order valence-electron chi connectivity index (χ2n) is 4.34. The van der Waals surface area contributed by atoms with Crippen LogP contribution >= 0.6 is 34.2 Å². The van der Waals surface area contributed by atoms with E-state index in [9.17, 15) is 10.1 Å². The summed E-state index contributed by atoms with van der Waals surface area (Å²) in [4.78, 5) is 10.2. The Labute approximate surface area is 135 Å². The second kappa shape index (κ2) is 6.41. The average molecular weight is 403 g/mol. The fourth-order valence-corrected chi connectivity index (χ4v) is 2.84. The van der Waals surface area contributed by atoms with Crippen LogP contribution in [0.5, 0.6) is 0 Å². The number of non-ortho nitro benzene ring substituents is 1. The highest BCUT2D eigenvalue weighted by molar-refractivity contribution is 14.1. The van der Waals surface area contributed by atoms with Crippen molar-refractivity contribution in [1.82, 2.24) is 0 Å². The lowest BCUT2D eigenvalue weighted by Crippen LogP contribution is -2.07. The molecule has 20 heavy (non-hydrogen) atoms. The zero-order valence-corrected chi connectivity index (χ0v) is 13.6. The number of hydrogen-bond donors (Lipinski definition) is 1. The molecule has 0 fully saturated rings. The molecule has 104 valence electrons.